The highest BCUT2D eigenvalue weighted by Gasteiger charge is 2.15. The van der Waals surface area contributed by atoms with Crippen molar-refractivity contribution in [3.8, 4) is 0 Å². The molecular formula is C14H16N2O5. The number of ether oxygens (including phenoxy) is 1. The zero-order valence-corrected chi connectivity index (χ0v) is 12.0. The summed E-state index contributed by atoms with van der Waals surface area (Å²) in [6.07, 6.45) is 1.14. The molecule has 0 heterocycles. The van der Waals surface area contributed by atoms with E-state index in [1.807, 2.05) is 0 Å². The number of aryl methyl sites for hydroxylation is 1. The normalized spacial score (nSPS) is 10.9. The van der Waals surface area contributed by atoms with Gasteiger partial charge in [-0.3, -0.25) is 14.9 Å². The second-order valence-electron chi connectivity index (χ2n) is 4.29. The number of hydrogen-bond acceptors (Lipinski definition) is 5. The standard InChI is InChI=1S/C14H16N2O5/c1-4-21-13(17)7-10(3)15-14(18)11-6-5-9(2)12(8-11)16(19)20/h5-8H,4H2,1-3H3,(H,15,18). The molecule has 0 aliphatic heterocycles. The molecule has 21 heavy (non-hydrogen) atoms. The van der Waals surface area contributed by atoms with Gasteiger partial charge < -0.3 is 10.1 Å². The molecule has 0 saturated heterocycles. The molecule has 0 radical (unpaired) electrons. The minimum absolute atomic E-state index is 0.130. The lowest BCUT2D eigenvalue weighted by Crippen LogP contribution is -2.22. The molecule has 0 atom stereocenters. The third kappa shape index (κ3) is 4.72. The van der Waals surface area contributed by atoms with E-state index in [0.717, 1.165) is 6.08 Å². The molecule has 1 aromatic carbocycles. The first-order valence-corrected chi connectivity index (χ1v) is 6.26. The summed E-state index contributed by atoms with van der Waals surface area (Å²) in [7, 11) is 0. The summed E-state index contributed by atoms with van der Waals surface area (Å²) in [6.45, 7) is 5.02. The van der Waals surface area contributed by atoms with Crippen LogP contribution in [0.1, 0.15) is 29.8 Å². The van der Waals surface area contributed by atoms with Crippen LogP contribution in [0.2, 0.25) is 0 Å². The Morgan fingerprint density at radius 2 is 2.10 bits per heavy atom. The summed E-state index contributed by atoms with van der Waals surface area (Å²) in [5.41, 5.74) is 0.774. The number of nitrogens with one attached hydrogen (secondary N) is 1. The molecule has 0 aromatic heterocycles. The van der Waals surface area contributed by atoms with E-state index in [1.54, 1.807) is 13.8 Å². The molecule has 0 unspecified atom stereocenters. The fraction of sp³-hybridized carbons (Fsp3) is 0.286. The molecule has 0 aliphatic rings. The van der Waals surface area contributed by atoms with Crippen LogP contribution in [0.3, 0.4) is 0 Å². The third-order valence-electron chi connectivity index (χ3n) is 2.60. The molecule has 0 saturated carbocycles. The van der Waals surface area contributed by atoms with Crippen LogP contribution in [0.5, 0.6) is 0 Å². The number of carbonyl (C=O) groups is 2. The van der Waals surface area contributed by atoms with Gasteiger partial charge in [0.2, 0.25) is 0 Å². The first-order chi connectivity index (χ1) is 9.85. The van der Waals surface area contributed by atoms with Crippen LogP contribution >= 0.6 is 0 Å². The number of esters is 1. The highest BCUT2D eigenvalue weighted by atomic mass is 16.6. The molecule has 1 amide bonds. The Morgan fingerprint density at radius 3 is 2.67 bits per heavy atom. The van der Waals surface area contributed by atoms with Gasteiger partial charge in [0.15, 0.2) is 0 Å². The number of nitrogens with zero attached hydrogens (tertiary/aromatic N) is 1. The maximum absolute atomic E-state index is 12.0. The van der Waals surface area contributed by atoms with Crippen LogP contribution in [0.25, 0.3) is 0 Å². The van der Waals surface area contributed by atoms with E-state index in [0.29, 0.717) is 11.3 Å². The lowest BCUT2D eigenvalue weighted by atomic mass is 10.1. The van der Waals surface area contributed by atoms with Crippen molar-refractivity contribution < 1.29 is 19.2 Å². The Morgan fingerprint density at radius 1 is 1.43 bits per heavy atom. The predicted octanol–water partition coefficient (Wildman–Crippen LogP) is 2.10. The number of nitro groups is 1. The monoisotopic (exact) mass is 292 g/mol. The number of carbonyl (C=O) groups excluding carboxylic acids is 2. The van der Waals surface area contributed by atoms with Crippen molar-refractivity contribution >= 4 is 17.6 Å². The zero-order valence-electron chi connectivity index (χ0n) is 12.0. The predicted molar refractivity (Wildman–Crippen MR) is 75.7 cm³/mol. The van der Waals surface area contributed by atoms with E-state index in [9.17, 15) is 19.7 Å². The van der Waals surface area contributed by atoms with Gasteiger partial charge in [-0.2, -0.15) is 0 Å². The second kappa shape index (κ2) is 7.18. The maximum Gasteiger partial charge on any atom is 0.332 e. The van der Waals surface area contributed by atoms with Crippen molar-refractivity contribution in [2.45, 2.75) is 20.8 Å². The van der Waals surface area contributed by atoms with Crippen molar-refractivity contribution in [1.82, 2.24) is 5.32 Å². The molecule has 0 aliphatic carbocycles. The summed E-state index contributed by atoms with van der Waals surface area (Å²) < 4.78 is 4.71. The number of nitro benzene ring substituents is 1. The summed E-state index contributed by atoms with van der Waals surface area (Å²) in [5, 5.41) is 13.3. The molecule has 1 rings (SSSR count). The van der Waals surface area contributed by atoms with Gasteiger partial charge in [-0.05, 0) is 26.8 Å². The molecular weight excluding hydrogens is 276 g/mol. The minimum atomic E-state index is -0.565. The molecule has 7 heteroatoms. The van der Waals surface area contributed by atoms with Crippen LogP contribution in [-0.2, 0) is 9.53 Å². The van der Waals surface area contributed by atoms with Crippen LogP contribution in [0.15, 0.2) is 30.0 Å². The van der Waals surface area contributed by atoms with Crippen LogP contribution in [0.4, 0.5) is 5.69 Å². The van der Waals surface area contributed by atoms with E-state index < -0.39 is 16.8 Å². The van der Waals surface area contributed by atoms with E-state index in [4.69, 9.17) is 4.74 Å². The Labute approximate surface area is 121 Å². The van der Waals surface area contributed by atoms with Gasteiger partial charge in [0.05, 0.1) is 11.5 Å². The first kappa shape index (κ1) is 16.4. The molecule has 0 fully saturated rings. The summed E-state index contributed by atoms with van der Waals surface area (Å²) in [6, 6.07) is 4.18. The fourth-order valence-electron chi connectivity index (χ4n) is 1.60. The van der Waals surface area contributed by atoms with E-state index in [1.165, 1.54) is 25.1 Å². The van der Waals surface area contributed by atoms with Gasteiger partial charge in [0.1, 0.15) is 0 Å². The summed E-state index contributed by atoms with van der Waals surface area (Å²) >= 11 is 0. The van der Waals surface area contributed by atoms with Crippen LogP contribution in [0, 0.1) is 17.0 Å². The SMILES string of the molecule is CCOC(=O)C=C(C)NC(=O)c1ccc(C)c([N+](=O)[O-])c1. The Hall–Kier alpha value is -2.70. The van der Waals surface area contributed by atoms with Gasteiger partial charge in [-0.15, -0.1) is 0 Å². The van der Waals surface area contributed by atoms with Crippen molar-refractivity contribution in [1.29, 1.82) is 0 Å². The molecule has 7 nitrogen and oxygen atoms in total. The molecule has 112 valence electrons. The molecule has 1 aromatic rings. The van der Waals surface area contributed by atoms with Crippen molar-refractivity contribution in [3.63, 3.8) is 0 Å². The van der Waals surface area contributed by atoms with E-state index in [2.05, 4.69) is 5.32 Å². The van der Waals surface area contributed by atoms with E-state index >= 15 is 0 Å². The van der Waals surface area contributed by atoms with Crippen molar-refractivity contribution in [2.24, 2.45) is 0 Å². The quantitative estimate of drug-likeness (QED) is 0.388. The Kier molecular flexibility index (Phi) is 5.59. The minimum Gasteiger partial charge on any atom is -0.463 e. The lowest BCUT2D eigenvalue weighted by molar-refractivity contribution is -0.385. The molecule has 0 bridgehead atoms. The zero-order chi connectivity index (χ0) is 16.0. The summed E-state index contributed by atoms with van der Waals surface area (Å²) in [5.74, 6) is -1.10. The number of rotatable bonds is 5. The summed E-state index contributed by atoms with van der Waals surface area (Å²) in [4.78, 5) is 33.5. The Balaban J connectivity index is 2.87. The van der Waals surface area contributed by atoms with Gasteiger partial charge >= 0.3 is 5.97 Å². The fourth-order valence-corrected chi connectivity index (χ4v) is 1.60. The number of hydrogen-bond donors (Lipinski definition) is 1. The first-order valence-electron chi connectivity index (χ1n) is 6.26. The topological polar surface area (TPSA) is 98.5 Å². The van der Waals surface area contributed by atoms with Crippen molar-refractivity contribution in [3.05, 3.63) is 51.2 Å². The van der Waals surface area contributed by atoms with E-state index in [-0.39, 0.29) is 17.9 Å². The van der Waals surface area contributed by atoms with Gasteiger partial charge in [0, 0.05) is 29.0 Å². The number of benzene rings is 1. The smallest absolute Gasteiger partial charge is 0.332 e. The van der Waals surface area contributed by atoms with Gasteiger partial charge in [-0.1, -0.05) is 6.07 Å². The van der Waals surface area contributed by atoms with Gasteiger partial charge in [0.25, 0.3) is 11.6 Å². The van der Waals surface area contributed by atoms with Crippen LogP contribution < -0.4 is 5.32 Å². The highest BCUT2D eigenvalue weighted by molar-refractivity contribution is 5.96. The highest BCUT2D eigenvalue weighted by Crippen LogP contribution is 2.19. The molecule has 1 N–H and O–H groups in total. The largest absolute Gasteiger partial charge is 0.463 e. The van der Waals surface area contributed by atoms with Gasteiger partial charge in [-0.25, -0.2) is 4.79 Å². The average Bonchev–Trinajstić information content (AvgIpc) is 2.38. The van der Waals surface area contributed by atoms with Crippen molar-refractivity contribution in [2.75, 3.05) is 6.61 Å². The third-order valence-corrected chi connectivity index (χ3v) is 2.60. The Bertz CT molecular complexity index is 607. The lowest BCUT2D eigenvalue weighted by Gasteiger charge is -2.06. The average molecular weight is 292 g/mol. The number of amides is 1. The molecule has 0 spiro atoms. The second-order valence-corrected chi connectivity index (χ2v) is 4.29. The van der Waals surface area contributed by atoms with Crippen LogP contribution in [-0.4, -0.2) is 23.4 Å². The maximum atomic E-state index is 12.0. The number of allylic oxidation sites excluding steroid dienone is 1.